The average molecular weight is 426 g/mol. The molecule has 0 fully saturated rings. The van der Waals surface area contributed by atoms with Crippen molar-refractivity contribution in [1.82, 2.24) is 14.5 Å². The zero-order chi connectivity index (χ0) is 22.4. The van der Waals surface area contributed by atoms with E-state index in [1.165, 1.54) is 18.2 Å². The minimum absolute atomic E-state index is 0.161. The highest BCUT2D eigenvalue weighted by Gasteiger charge is 2.28. The lowest BCUT2D eigenvalue weighted by Gasteiger charge is -2.32. The van der Waals surface area contributed by atoms with E-state index in [0.717, 1.165) is 0 Å². The molecule has 0 saturated carbocycles. The number of hydrogen-bond acceptors (Lipinski definition) is 4. The summed E-state index contributed by atoms with van der Waals surface area (Å²) in [6.07, 6.45) is 1.27. The van der Waals surface area contributed by atoms with Crippen LogP contribution >= 0.6 is 0 Å². The van der Waals surface area contributed by atoms with Crippen molar-refractivity contribution >= 4 is 16.8 Å². The van der Waals surface area contributed by atoms with E-state index in [-0.39, 0.29) is 17.0 Å². The molecule has 0 aliphatic heterocycles. The predicted molar refractivity (Wildman–Crippen MR) is 119 cm³/mol. The molecule has 1 amide bonds. The number of ether oxygens (including phenoxy) is 1. The second-order valence-corrected chi connectivity index (χ2v) is 7.37. The van der Waals surface area contributed by atoms with E-state index in [2.05, 4.69) is 0 Å². The van der Waals surface area contributed by atoms with E-state index < -0.39 is 11.9 Å². The molecule has 6 nitrogen and oxygen atoms in total. The van der Waals surface area contributed by atoms with Gasteiger partial charge in [0.2, 0.25) is 0 Å². The van der Waals surface area contributed by atoms with Gasteiger partial charge in [0.1, 0.15) is 11.6 Å². The van der Waals surface area contributed by atoms with Crippen molar-refractivity contribution in [1.29, 1.82) is 0 Å². The van der Waals surface area contributed by atoms with Gasteiger partial charge in [-0.05, 0) is 43.2 Å². The molecule has 31 heavy (non-hydrogen) atoms. The Morgan fingerprint density at radius 1 is 1.19 bits per heavy atom. The number of halogens is 1. The Kier molecular flexibility index (Phi) is 7.52. The molecule has 164 valence electrons. The lowest BCUT2D eigenvalue weighted by Crippen LogP contribution is -2.39. The maximum Gasteiger partial charge on any atom is 0.261 e. The summed E-state index contributed by atoms with van der Waals surface area (Å²) in [7, 11) is 1.58. The number of hydrogen-bond donors (Lipinski definition) is 0. The van der Waals surface area contributed by atoms with E-state index in [0.29, 0.717) is 49.3 Å². The summed E-state index contributed by atoms with van der Waals surface area (Å²) < 4.78 is 20.6. The number of amides is 1. The van der Waals surface area contributed by atoms with E-state index in [1.54, 1.807) is 40.8 Å². The highest BCUT2D eigenvalue weighted by Crippen LogP contribution is 2.26. The summed E-state index contributed by atoms with van der Waals surface area (Å²) in [5.74, 6) is -0.230. The van der Waals surface area contributed by atoms with Crippen molar-refractivity contribution in [2.45, 2.75) is 39.3 Å². The predicted octanol–water partition coefficient (Wildman–Crippen LogP) is 4.19. The molecule has 0 saturated heterocycles. The molecule has 2 aromatic carbocycles. The molecule has 0 radical (unpaired) electrons. The third-order valence-corrected chi connectivity index (χ3v) is 5.27. The van der Waals surface area contributed by atoms with Gasteiger partial charge in [-0.2, -0.15) is 0 Å². The highest BCUT2D eigenvalue weighted by molar-refractivity contribution is 5.94. The fourth-order valence-electron chi connectivity index (χ4n) is 3.81. The van der Waals surface area contributed by atoms with Gasteiger partial charge >= 0.3 is 0 Å². The largest absolute Gasteiger partial charge is 0.383 e. The fourth-order valence-corrected chi connectivity index (χ4v) is 3.81. The van der Waals surface area contributed by atoms with Gasteiger partial charge in [0, 0.05) is 19.2 Å². The summed E-state index contributed by atoms with van der Waals surface area (Å²) in [4.78, 5) is 33.1. The van der Waals surface area contributed by atoms with Crippen LogP contribution in [0.3, 0.4) is 0 Å². The number of carbonyl (C=O) groups excluding carboxylic acids is 1. The zero-order valence-electron chi connectivity index (χ0n) is 18.2. The Labute approximate surface area is 181 Å². The summed E-state index contributed by atoms with van der Waals surface area (Å²) in [5, 5.41) is 0.524. The highest BCUT2D eigenvalue weighted by atomic mass is 19.1. The van der Waals surface area contributed by atoms with Crippen LogP contribution < -0.4 is 5.56 Å². The fraction of sp³-hybridized carbons (Fsp3) is 0.375. The van der Waals surface area contributed by atoms with E-state index in [1.807, 2.05) is 19.9 Å². The van der Waals surface area contributed by atoms with Crippen molar-refractivity contribution in [3.8, 4) is 0 Å². The summed E-state index contributed by atoms with van der Waals surface area (Å²) in [6, 6.07) is 12.4. The first kappa shape index (κ1) is 22.6. The monoisotopic (exact) mass is 425 g/mol. The molecule has 7 heteroatoms. The van der Waals surface area contributed by atoms with Crippen LogP contribution in [0, 0.1) is 5.82 Å². The molecule has 3 aromatic rings. The van der Waals surface area contributed by atoms with E-state index >= 15 is 0 Å². The standard InChI is InChI=1S/C24H28FN3O3/c1-4-13-27(23(29)17-9-8-10-18(25)16-17)21(5-2)22-26-20-12-7-6-11-19(20)24(30)28(22)14-15-31-3/h6-12,16,21H,4-5,13-15H2,1-3H3. The Morgan fingerprint density at radius 3 is 2.65 bits per heavy atom. The first-order chi connectivity index (χ1) is 15.0. The van der Waals surface area contributed by atoms with Crippen LogP contribution in [0.1, 0.15) is 48.9 Å². The van der Waals surface area contributed by atoms with Gasteiger partial charge in [-0.3, -0.25) is 14.2 Å². The zero-order valence-corrected chi connectivity index (χ0v) is 18.2. The molecule has 3 rings (SSSR count). The molecular formula is C24H28FN3O3. The number of fused-ring (bicyclic) bond motifs is 1. The van der Waals surface area contributed by atoms with Gasteiger partial charge in [-0.25, -0.2) is 9.37 Å². The summed E-state index contributed by atoms with van der Waals surface area (Å²) in [5.41, 5.74) is 0.702. The summed E-state index contributed by atoms with van der Waals surface area (Å²) >= 11 is 0. The first-order valence-electron chi connectivity index (χ1n) is 10.6. The van der Waals surface area contributed by atoms with Crippen LogP contribution in [0.15, 0.2) is 53.3 Å². The molecule has 0 bridgehead atoms. The Bertz CT molecular complexity index is 1110. The van der Waals surface area contributed by atoms with Gasteiger partial charge in [0.25, 0.3) is 11.5 Å². The molecule has 1 heterocycles. The molecule has 1 unspecified atom stereocenters. The maximum absolute atomic E-state index is 13.8. The number of nitrogens with zero attached hydrogens (tertiary/aromatic N) is 3. The molecule has 0 N–H and O–H groups in total. The second kappa shape index (κ2) is 10.3. The molecule has 0 aliphatic carbocycles. The van der Waals surface area contributed by atoms with Crippen LogP contribution in [-0.2, 0) is 11.3 Å². The quantitative estimate of drug-likeness (QED) is 0.516. The normalized spacial score (nSPS) is 12.1. The van der Waals surface area contributed by atoms with Crippen LogP contribution in [-0.4, -0.2) is 40.6 Å². The second-order valence-electron chi connectivity index (χ2n) is 7.37. The summed E-state index contributed by atoms with van der Waals surface area (Å²) in [6.45, 7) is 5.06. The van der Waals surface area contributed by atoms with Gasteiger partial charge in [0.05, 0.1) is 30.1 Å². The van der Waals surface area contributed by atoms with E-state index in [4.69, 9.17) is 9.72 Å². The smallest absolute Gasteiger partial charge is 0.261 e. The Hall–Kier alpha value is -3.06. The third kappa shape index (κ3) is 4.82. The molecule has 1 aromatic heterocycles. The number of aromatic nitrogens is 2. The van der Waals surface area contributed by atoms with Crippen LogP contribution in [0.2, 0.25) is 0 Å². The topological polar surface area (TPSA) is 64.4 Å². The van der Waals surface area contributed by atoms with Crippen LogP contribution in [0.4, 0.5) is 4.39 Å². The van der Waals surface area contributed by atoms with Crippen molar-refractivity contribution < 1.29 is 13.9 Å². The van der Waals surface area contributed by atoms with Crippen LogP contribution in [0.5, 0.6) is 0 Å². The molecule has 1 atom stereocenters. The van der Waals surface area contributed by atoms with Crippen molar-refractivity contribution in [3.05, 3.63) is 76.1 Å². The minimum Gasteiger partial charge on any atom is -0.383 e. The number of carbonyl (C=O) groups is 1. The minimum atomic E-state index is -0.462. The maximum atomic E-state index is 13.8. The molecule has 0 spiro atoms. The number of rotatable bonds is 9. The average Bonchev–Trinajstić information content (AvgIpc) is 2.78. The van der Waals surface area contributed by atoms with Gasteiger partial charge < -0.3 is 9.64 Å². The van der Waals surface area contributed by atoms with Crippen molar-refractivity contribution in [2.24, 2.45) is 0 Å². The Morgan fingerprint density at radius 2 is 1.97 bits per heavy atom. The van der Waals surface area contributed by atoms with Crippen molar-refractivity contribution in [3.63, 3.8) is 0 Å². The third-order valence-electron chi connectivity index (χ3n) is 5.27. The van der Waals surface area contributed by atoms with Crippen molar-refractivity contribution in [2.75, 3.05) is 20.3 Å². The van der Waals surface area contributed by atoms with Gasteiger partial charge in [0.15, 0.2) is 0 Å². The number of methoxy groups -OCH3 is 1. The van der Waals surface area contributed by atoms with E-state index in [9.17, 15) is 14.0 Å². The first-order valence-corrected chi connectivity index (χ1v) is 10.6. The Balaban J connectivity index is 2.15. The van der Waals surface area contributed by atoms with Gasteiger partial charge in [-0.1, -0.05) is 32.0 Å². The van der Waals surface area contributed by atoms with Gasteiger partial charge in [-0.15, -0.1) is 0 Å². The lowest BCUT2D eigenvalue weighted by atomic mass is 10.1. The molecular weight excluding hydrogens is 397 g/mol. The number of para-hydroxylation sites is 1. The SMILES string of the molecule is CCCN(C(=O)c1cccc(F)c1)C(CC)c1nc2ccccc2c(=O)n1CCOC. The number of benzene rings is 2. The molecule has 0 aliphatic rings. The van der Waals surface area contributed by atoms with Crippen LogP contribution in [0.25, 0.3) is 10.9 Å². The lowest BCUT2D eigenvalue weighted by molar-refractivity contribution is 0.0654.